The number of aliphatic imine (C=N–C) groups is 2. The Morgan fingerprint density at radius 2 is 1.06 bits per heavy atom. The Hall–Kier alpha value is -4.86. The highest BCUT2D eigenvalue weighted by molar-refractivity contribution is 6.05. The van der Waals surface area contributed by atoms with Crippen molar-refractivity contribution >= 4 is 46.3 Å². The number of hydrogen-bond acceptors (Lipinski definition) is 8. The van der Waals surface area contributed by atoms with Crippen molar-refractivity contribution in [2.45, 2.75) is 142 Å². The first-order valence-corrected chi connectivity index (χ1v) is 23.6. The van der Waals surface area contributed by atoms with E-state index < -0.39 is 11.8 Å². The van der Waals surface area contributed by atoms with E-state index in [1.54, 1.807) is 5.56 Å². The van der Waals surface area contributed by atoms with Crippen LogP contribution in [-0.2, 0) is 41.5 Å². The number of amides is 2. The zero-order valence-electron chi connectivity index (χ0n) is 37.6. The number of allylic oxidation sites excluding steroid dienone is 2. The lowest BCUT2D eigenvalue weighted by Gasteiger charge is -2.30. The highest BCUT2D eigenvalue weighted by atomic mass is 16.5. The monoisotopic (exact) mass is 840 g/mol. The third-order valence-electron chi connectivity index (χ3n) is 15.6. The van der Waals surface area contributed by atoms with Crippen molar-refractivity contribution < 1.29 is 28.7 Å². The molecule has 3 unspecified atom stereocenters. The predicted molar refractivity (Wildman–Crippen MR) is 243 cm³/mol. The number of ether oxygens (including phenoxy) is 2. The summed E-state index contributed by atoms with van der Waals surface area (Å²) < 4.78 is 9.91. The van der Waals surface area contributed by atoms with E-state index in [4.69, 9.17) is 19.5 Å². The molecule has 9 rings (SSSR count). The molecule has 6 atom stereocenters. The van der Waals surface area contributed by atoms with Crippen LogP contribution in [0.25, 0.3) is 22.3 Å². The first kappa shape index (κ1) is 42.4. The van der Waals surface area contributed by atoms with Crippen molar-refractivity contribution in [3.05, 3.63) is 70.0 Å². The molecule has 4 aliphatic heterocycles. The minimum atomic E-state index is -0.399. The summed E-state index contributed by atoms with van der Waals surface area (Å²) in [4.78, 5) is 66.4. The molecular weight excluding hydrogens is 777 g/mol. The number of benzene rings is 2. The van der Waals surface area contributed by atoms with Crippen LogP contribution >= 0.6 is 0 Å². The molecule has 1 saturated carbocycles. The lowest BCUT2D eigenvalue weighted by Crippen LogP contribution is -2.45. The van der Waals surface area contributed by atoms with Gasteiger partial charge in [-0.25, -0.2) is 0 Å². The molecule has 10 nitrogen and oxygen atoms in total. The summed E-state index contributed by atoms with van der Waals surface area (Å²) in [7, 11) is 2.77. The van der Waals surface area contributed by atoms with E-state index in [1.165, 1.54) is 83.6 Å². The molecule has 0 aromatic heterocycles. The number of esters is 2. The van der Waals surface area contributed by atoms with Crippen molar-refractivity contribution in [2.24, 2.45) is 33.7 Å². The molecule has 2 bridgehead atoms. The quantitative estimate of drug-likeness (QED) is 0.186. The molecule has 2 aromatic rings. The minimum Gasteiger partial charge on any atom is -0.469 e. The SMILES string of the molecule is COC(=O)C[C@H](C(=O)N1CCCC1C1=NC=C(c2ccc(-c3ccc(C4=CN=C([C@@H]5CCCN5C(=O)[C@@H](CC(=O)OC)C(C)C)C4)c4c3C3CCC4C3)c3c2CCC3)C1)C(C)C. The van der Waals surface area contributed by atoms with Crippen LogP contribution in [0.3, 0.4) is 0 Å². The van der Waals surface area contributed by atoms with E-state index in [1.807, 2.05) is 37.5 Å². The second-order valence-corrected chi connectivity index (χ2v) is 19.7. The summed E-state index contributed by atoms with van der Waals surface area (Å²) in [6.07, 6.45) is 16.5. The number of rotatable bonds is 13. The number of carbonyl (C=O) groups excluding carboxylic acids is 4. The van der Waals surface area contributed by atoms with Gasteiger partial charge in [-0.3, -0.25) is 29.2 Å². The average molecular weight is 841 g/mol. The van der Waals surface area contributed by atoms with Crippen LogP contribution in [0.4, 0.5) is 0 Å². The van der Waals surface area contributed by atoms with Gasteiger partial charge in [0.05, 0.1) is 51.0 Å². The summed E-state index contributed by atoms with van der Waals surface area (Å²) in [6.45, 7) is 9.43. The zero-order chi connectivity index (χ0) is 43.4. The van der Waals surface area contributed by atoms with Gasteiger partial charge in [-0.1, -0.05) is 52.0 Å². The van der Waals surface area contributed by atoms with Crippen LogP contribution in [0, 0.1) is 23.7 Å². The van der Waals surface area contributed by atoms with Crippen LogP contribution in [-0.4, -0.2) is 84.4 Å². The molecule has 0 N–H and O–H groups in total. The van der Waals surface area contributed by atoms with E-state index in [0.717, 1.165) is 69.2 Å². The lowest BCUT2D eigenvalue weighted by atomic mass is 9.79. The van der Waals surface area contributed by atoms with Crippen molar-refractivity contribution in [1.29, 1.82) is 0 Å². The fourth-order valence-electron chi connectivity index (χ4n) is 12.3. The molecule has 3 fully saturated rings. The maximum Gasteiger partial charge on any atom is 0.306 e. The number of likely N-dealkylation sites (tertiary alicyclic amines) is 2. The van der Waals surface area contributed by atoms with Crippen LogP contribution in [0.5, 0.6) is 0 Å². The van der Waals surface area contributed by atoms with Crippen LogP contribution in [0.1, 0.15) is 150 Å². The average Bonchev–Trinajstić information content (AvgIpc) is 4.12. The van der Waals surface area contributed by atoms with Crippen molar-refractivity contribution in [3.63, 3.8) is 0 Å². The number of fused-ring (bicyclic) bond motifs is 6. The molecule has 2 saturated heterocycles. The highest BCUT2D eigenvalue weighted by Gasteiger charge is 2.44. The normalized spacial score (nSPS) is 24.6. The smallest absolute Gasteiger partial charge is 0.306 e. The Kier molecular flexibility index (Phi) is 11.9. The van der Waals surface area contributed by atoms with Crippen LogP contribution in [0.2, 0.25) is 0 Å². The summed E-state index contributed by atoms with van der Waals surface area (Å²) in [5.74, 6) is -0.182. The fraction of sp³-hybridized carbons (Fsp3) is 0.577. The molecule has 4 heterocycles. The zero-order valence-corrected chi connectivity index (χ0v) is 37.6. The second-order valence-electron chi connectivity index (χ2n) is 19.7. The van der Waals surface area contributed by atoms with Gasteiger partial charge in [0.2, 0.25) is 11.8 Å². The topological polar surface area (TPSA) is 118 Å². The van der Waals surface area contributed by atoms with Gasteiger partial charge >= 0.3 is 11.9 Å². The summed E-state index contributed by atoms with van der Waals surface area (Å²) in [5, 5.41) is 0. The van der Waals surface area contributed by atoms with Crippen LogP contribution in [0.15, 0.2) is 46.7 Å². The molecule has 328 valence electrons. The van der Waals surface area contributed by atoms with Gasteiger partial charge in [-0.15, -0.1) is 0 Å². The van der Waals surface area contributed by atoms with Gasteiger partial charge < -0.3 is 19.3 Å². The molecule has 10 heteroatoms. The van der Waals surface area contributed by atoms with E-state index in [-0.39, 0.29) is 60.5 Å². The van der Waals surface area contributed by atoms with E-state index in [0.29, 0.717) is 24.9 Å². The number of hydrogen-bond donors (Lipinski definition) is 0. The minimum absolute atomic E-state index is 0.0358. The maximum absolute atomic E-state index is 13.9. The number of carbonyl (C=O) groups is 4. The standard InChI is InChI=1S/C52H64N4O6/c1-29(2)41(25-47(57)61-5)51(59)55-20-8-12-45(55)43-23-33(27-53-43)35-16-18-39(38-11-7-10-37(35)38)40-19-17-36(49-31-14-15-32(22-31)50(40)49)34-24-44(54-28-34)46-13-9-21-56(46)52(60)42(30(3)4)26-48(58)62-6/h16-19,27-32,41-42,45-46H,7-15,20-26H2,1-6H3/t31?,32?,41-,42-,45?,46-/m0/s1. The molecule has 7 aliphatic rings. The van der Waals surface area contributed by atoms with E-state index >= 15 is 0 Å². The van der Waals surface area contributed by atoms with Gasteiger partial charge in [0.1, 0.15) is 0 Å². The first-order valence-electron chi connectivity index (χ1n) is 23.6. The molecule has 2 aromatic carbocycles. The summed E-state index contributed by atoms with van der Waals surface area (Å²) in [6, 6.07) is 9.44. The van der Waals surface area contributed by atoms with Crippen LogP contribution < -0.4 is 0 Å². The third kappa shape index (κ3) is 7.57. The molecule has 3 aliphatic carbocycles. The van der Waals surface area contributed by atoms with Gasteiger partial charge in [0.15, 0.2) is 0 Å². The van der Waals surface area contributed by atoms with Crippen molar-refractivity contribution in [2.75, 3.05) is 27.3 Å². The predicted octanol–water partition coefficient (Wildman–Crippen LogP) is 9.23. The first-order chi connectivity index (χ1) is 30.0. The van der Waals surface area contributed by atoms with Gasteiger partial charge in [0, 0.05) is 49.8 Å². The highest BCUT2D eigenvalue weighted by Crippen LogP contribution is 2.58. The molecule has 2 amide bonds. The fourth-order valence-corrected chi connectivity index (χ4v) is 12.3. The Morgan fingerprint density at radius 1 is 0.613 bits per heavy atom. The Bertz CT molecular complexity index is 2300. The van der Waals surface area contributed by atoms with E-state index in [2.05, 4.69) is 36.7 Å². The summed E-state index contributed by atoms with van der Waals surface area (Å²) >= 11 is 0. The largest absolute Gasteiger partial charge is 0.469 e. The Balaban J connectivity index is 0.936. The Labute approximate surface area is 367 Å². The van der Waals surface area contributed by atoms with Gasteiger partial charge in [0.25, 0.3) is 0 Å². The lowest BCUT2D eigenvalue weighted by molar-refractivity contribution is -0.148. The number of methoxy groups -OCH3 is 2. The Morgan fingerprint density at radius 3 is 1.58 bits per heavy atom. The third-order valence-corrected chi connectivity index (χ3v) is 15.6. The molecular formula is C52H64N4O6. The van der Waals surface area contributed by atoms with Crippen molar-refractivity contribution in [1.82, 2.24) is 9.80 Å². The maximum atomic E-state index is 13.9. The number of nitrogens with zero attached hydrogens (tertiary/aromatic N) is 4. The van der Waals surface area contributed by atoms with E-state index in [9.17, 15) is 19.2 Å². The molecule has 0 radical (unpaired) electrons. The van der Waals surface area contributed by atoms with Gasteiger partial charge in [-0.2, -0.15) is 0 Å². The summed E-state index contributed by atoms with van der Waals surface area (Å²) in [5.41, 5.74) is 16.1. The second kappa shape index (κ2) is 17.4. The molecule has 0 spiro atoms. The van der Waals surface area contributed by atoms with Crippen molar-refractivity contribution in [3.8, 4) is 11.1 Å². The van der Waals surface area contributed by atoms with Gasteiger partial charge in [-0.05, 0) is 144 Å². The molecule has 62 heavy (non-hydrogen) atoms.